The van der Waals surface area contributed by atoms with Crippen LogP contribution in [0.4, 0.5) is 51.2 Å². The Balaban J connectivity index is 1.17. The van der Waals surface area contributed by atoms with E-state index < -0.39 is 0 Å². The second kappa shape index (κ2) is 16.2. The molecule has 0 saturated heterocycles. The highest BCUT2D eigenvalue weighted by Crippen LogP contribution is 2.56. The maximum absolute atomic E-state index is 2.68. The minimum Gasteiger partial charge on any atom is -0.311 e. The van der Waals surface area contributed by atoms with E-state index in [1.165, 1.54) is 101 Å². The molecule has 4 heteroatoms. The number of nitrogens with zero attached hydrogens (tertiary/aromatic N) is 3. The number of hydrogen-bond donors (Lipinski definition) is 0. The lowest BCUT2D eigenvalue weighted by atomic mass is 9.33. The van der Waals surface area contributed by atoms with E-state index in [1.54, 1.807) is 0 Å². The summed E-state index contributed by atoms with van der Waals surface area (Å²) in [4.78, 5) is 7.75. The van der Waals surface area contributed by atoms with Crippen molar-refractivity contribution in [3.8, 4) is 22.3 Å². The molecule has 3 nitrogen and oxygen atoms in total. The second-order valence-electron chi connectivity index (χ2n) is 24.1. The number of aryl methyl sites for hydroxylation is 1. The minimum atomic E-state index is -0.0550. The van der Waals surface area contributed by atoms with Crippen molar-refractivity contribution < 1.29 is 0 Å². The third-order valence-corrected chi connectivity index (χ3v) is 17.1. The summed E-state index contributed by atoms with van der Waals surface area (Å²) >= 11 is 0. The molecule has 0 spiro atoms. The van der Waals surface area contributed by atoms with Crippen LogP contribution in [0.5, 0.6) is 0 Å². The summed E-state index contributed by atoms with van der Waals surface area (Å²) in [5.74, 6) is 0. The van der Waals surface area contributed by atoms with Crippen molar-refractivity contribution in [2.75, 3.05) is 14.7 Å². The van der Waals surface area contributed by atoms with E-state index in [9.17, 15) is 0 Å². The van der Waals surface area contributed by atoms with Crippen molar-refractivity contribution >= 4 is 74.3 Å². The molecule has 358 valence electrons. The van der Waals surface area contributed by atoms with Crippen LogP contribution >= 0.6 is 0 Å². The topological polar surface area (TPSA) is 9.72 Å². The van der Waals surface area contributed by atoms with Crippen molar-refractivity contribution in [3.63, 3.8) is 0 Å². The fourth-order valence-electron chi connectivity index (χ4n) is 14.4. The molecule has 9 aromatic rings. The van der Waals surface area contributed by atoms with E-state index in [0.717, 1.165) is 29.9 Å². The zero-order valence-electron chi connectivity index (χ0n) is 43.9. The Bertz CT molecular complexity index is 3610. The lowest BCUT2D eigenvalue weighted by Crippen LogP contribution is -2.61. The number of benzene rings is 9. The molecule has 0 fully saturated rings. The van der Waals surface area contributed by atoms with Crippen LogP contribution in [0.1, 0.15) is 96.0 Å². The quantitative estimate of drug-likeness (QED) is 0.147. The molecule has 2 heterocycles. The first-order chi connectivity index (χ1) is 35.1. The van der Waals surface area contributed by atoms with Gasteiger partial charge in [0.15, 0.2) is 0 Å². The predicted octanol–water partition coefficient (Wildman–Crippen LogP) is 16.8. The van der Waals surface area contributed by atoms with Gasteiger partial charge in [0, 0.05) is 45.5 Å². The SMILES string of the molecule is Cc1cc(-c2ccccc2)ccc1N1c2ccc(-c3ccccc3)cc2B2c3cc4c(cc3N(c3ccc5c(c3)C(C)(C)CC5(C)C)c3cc(N(c5ccccc5)c5ccccc5)cc1c32)C(C)(C)CC4(C)C. The molecule has 0 radical (unpaired) electrons. The van der Waals surface area contributed by atoms with Crippen LogP contribution in [-0.4, -0.2) is 6.71 Å². The predicted molar refractivity (Wildman–Crippen MR) is 312 cm³/mol. The third-order valence-electron chi connectivity index (χ3n) is 17.1. The minimum absolute atomic E-state index is 0.000618. The van der Waals surface area contributed by atoms with Gasteiger partial charge < -0.3 is 14.7 Å². The molecule has 73 heavy (non-hydrogen) atoms. The Morgan fingerprint density at radius 3 is 1.38 bits per heavy atom. The summed E-state index contributed by atoms with van der Waals surface area (Å²) in [6, 6.07) is 75.8. The standard InChI is InChI=1S/C69H64BN3/c1-45-36-48(46-22-14-10-15-23-46)30-34-60(45)73-61-35-31-49(47-24-16-11-17-25-47)37-58(61)70-59-41-56-57(69(8,9)44-68(56,6)7)42-62(59)72(52-32-33-54-55(38-52)67(4,5)43-66(54,2)3)63-39-53(40-64(73)65(63)70)71(50-26-18-12-19-27-50)51-28-20-13-21-29-51/h10-42H,43-44H2,1-9H3. The molecule has 0 aromatic heterocycles. The number of rotatable bonds is 7. The van der Waals surface area contributed by atoms with E-state index in [2.05, 4.69) is 277 Å². The Kier molecular flexibility index (Phi) is 10.1. The number of anilines is 9. The van der Waals surface area contributed by atoms with Crippen molar-refractivity contribution in [2.24, 2.45) is 0 Å². The van der Waals surface area contributed by atoms with E-state index in [0.29, 0.717) is 0 Å². The van der Waals surface area contributed by atoms with Gasteiger partial charge in [0.2, 0.25) is 0 Å². The first-order valence-electron chi connectivity index (χ1n) is 26.5. The van der Waals surface area contributed by atoms with Gasteiger partial charge in [-0.25, -0.2) is 0 Å². The van der Waals surface area contributed by atoms with Gasteiger partial charge >= 0.3 is 0 Å². The molecule has 0 atom stereocenters. The molecule has 0 bridgehead atoms. The van der Waals surface area contributed by atoms with Crippen LogP contribution in [0.15, 0.2) is 200 Å². The highest BCUT2D eigenvalue weighted by molar-refractivity contribution is 7.00. The fourth-order valence-corrected chi connectivity index (χ4v) is 14.4. The lowest BCUT2D eigenvalue weighted by Gasteiger charge is -2.46. The highest BCUT2D eigenvalue weighted by Gasteiger charge is 2.49. The highest BCUT2D eigenvalue weighted by atomic mass is 15.2. The van der Waals surface area contributed by atoms with E-state index >= 15 is 0 Å². The van der Waals surface area contributed by atoms with Crippen LogP contribution in [0.3, 0.4) is 0 Å². The smallest absolute Gasteiger partial charge is 0.252 e. The average Bonchev–Trinajstić information content (AvgIpc) is 3.70. The van der Waals surface area contributed by atoms with Crippen molar-refractivity contribution in [2.45, 2.75) is 96.8 Å². The normalized spacial score (nSPS) is 16.8. The number of hydrogen-bond acceptors (Lipinski definition) is 3. The van der Waals surface area contributed by atoms with Gasteiger partial charge in [-0.1, -0.05) is 183 Å². The van der Waals surface area contributed by atoms with Gasteiger partial charge in [-0.3, -0.25) is 0 Å². The molecular formula is C69H64BN3. The van der Waals surface area contributed by atoms with Gasteiger partial charge in [0.05, 0.1) is 5.69 Å². The van der Waals surface area contributed by atoms with Crippen LogP contribution in [-0.2, 0) is 21.7 Å². The Morgan fingerprint density at radius 1 is 0.356 bits per heavy atom. The third kappa shape index (κ3) is 7.15. The van der Waals surface area contributed by atoms with Crippen LogP contribution in [0.25, 0.3) is 22.3 Å². The first-order valence-corrected chi connectivity index (χ1v) is 26.5. The van der Waals surface area contributed by atoms with Gasteiger partial charge in [-0.2, -0.15) is 0 Å². The van der Waals surface area contributed by atoms with Gasteiger partial charge in [0.1, 0.15) is 0 Å². The van der Waals surface area contributed by atoms with Crippen LogP contribution in [0, 0.1) is 6.92 Å². The second-order valence-corrected chi connectivity index (χ2v) is 24.1. The molecule has 2 aliphatic carbocycles. The van der Waals surface area contributed by atoms with Crippen molar-refractivity contribution in [3.05, 3.63) is 228 Å². The van der Waals surface area contributed by atoms with Crippen LogP contribution < -0.4 is 31.1 Å². The molecule has 0 unspecified atom stereocenters. The van der Waals surface area contributed by atoms with Gasteiger partial charge in [-0.15, -0.1) is 0 Å². The van der Waals surface area contributed by atoms with Gasteiger partial charge in [-0.05, 0) is 181 Å². The summed E-state index contributed by atoms with van der Waals surface area (Å²) in [6.07, 6.45) is 2.21. The Labute approximate surface area is 433 Å². The average molecular weight is 946 g/mol. The maximum atomic E-state index is 2.68. The largest absolute Gasteiger partial charge is 0.311 e. The number of fused-ring (bicyclic) bond motifs is 6. The molecule has 2 aliphatic heterocycles. The monoisotopic (exact) mass is 946 g/mol. The summed E-state index contributed by atoms with van der Waals surface area (Å²) in [5, 5.41) is 0. The summed E-state index contributed by atoms with van der Waals surface area (Å²) in [6.45, 7) is 21.9. The first kappa shape index (κ1) is 45.3. The lowest BCUT2D eigenvalue weighted by molar-refractivity contribution is 0.403. The molecule has 13 rings (SSSR count). The molecule has 0 saturated carbocycles. The fraction of sp³-hybridized carbons (Fsp3) is 0.217. The molecule has 4 aliphatic rings. The molecule has 0 amide bonds. The Morgan fingerprint density at radius 2 is 0.822 bits per heavy atom. The van der Waals surface area contributed by atoms with E-state index in [4.69, 9.17) is 0 Å². The zero-order valence-corrected chi connectivity index (χ0v) is 43.9. The maximum Gasteiger partial charge on any atom is 0.252 e. The summed E-state index contributed by atoms with van der Waals surface area (Å²) in [7, 11) is 0. The molecular weight excluding hydrogens is 882 g/mol. The van der Waals surface area contributed by atoms with Crippen molar-refractivity contribution in [1.82, 2.24) is 0 Å². The van der Waals surface area contributed by atoms with E-state index in [1.807, 2.05) is 0 Å². The van der Waals surface area contributed by atoms with E-state index in [-0.39, 0.29) is 28.4 Å². The summed E-state index contributed by atoms with van der Waals surface area (Å²) in [5.41, 5.74) is 26.7. The Hall–Kier alpha value is -7.56. The van der Waals surface area contributed by atoms with Crippen molar-refractivity contribution in [1.29, 1.82) is 0 Å². The zero-order chi connectivity index (χ0) is 50.2. The van der Waals surface area contributed by atoms with Gasteiger partial charge in [0.25, 0.3) is 6.71 Å². The summed E-state index contributed by atoms with van der Waals surface area (Å²) < 4.78 is 0. The number of para-hydroxylation sites is 2. The molecule has 0 N–H and O–H groups in total. The van der Waals surface area contributed by atoms with Crippen LogP contribution in [0.2, 0.25) is 0 Å². The molecule has 9 aromatic carbocycles.